The summed E-state index contributed by atoms with van der Waals surface area (Å²) in [5, 5.41) is 0. The molecule has 0 saturated carbocycles. The summed E-state index contributed by atoms with van der Waals surface area (Å²) < 4.78 is 141. The molecule has 2 atom stereocenters. The molecule has 0 radical (unpaired) electrons. The Morgan fingerprint density at radius 3 is 0.676 bits per heavy atom. The van der Waals surface area contributed by atoms with E-state index in [4.69, 9.17) is 61.1 Å². The Labute approximate surface area is 619 Å². The first-order valence-electron chi connectivity index (χ1n) is 33.4. The number of carbonyl (C=O) groups excluding carboxylic acids is 6. The average Bonchev–Trinajstić information content (AvgIpc) is 0.926. The minimum absolute atomic E-state index is 0.0442. The van der Waals surface area contributed by atoms with Gasteiger partial charge >= 0.3 is 82.8 Å². The van der Waals surface area contributed by atoms with Crippen LogP contribution in [-0.4, -0.2) is 181 Å². The van der Waals surface area contributed by atoms with Crippen LogP contribution in [0.2, 0.25) is 0 Å². The number of phosphoric acid groups is 6. The molecule has 2 unspecified atom stereocenters. The van der Waals surface area contributed by atoms with E-state index in [1.807, 2.05) is 13.8 Å². The maximum Gasteiger partial charge on any atom is 0.472 e. The fourth-order valence-electron chi connectivity index (χ4n) is 5.81. The molecule has 0 spiro atoms. The summed E-state index contributed by atoms with van der Waals surface area (Å²) in [5.74, 6) is -2.77. The first-order valence-corrected chi connectivity index (χ1v) is 42.4. The van der Waals surface area contributed by atoms with E-state index in [0.717, 1.165) is 77.0 Å². The Morgan fingerprint density at radius 1 is 0.267 bits per heavy atom. The van der Waals surface area contributed by atoms with Crippen LogP contribution in [0, 0.1) is 11.8 Å². The molecule has 8 N–H and O–H groups in total. The highest BCUT2D eigenvalue weighted by Gasteiger charge is 2.26. The normalized spacial score (nSPS) is 12.3. The summed E-state index contributed by atoms with van der Waals surface area (Å²) in [6.07, 6.45) is 12.7. The number of esters is 6. The zero-order chi connectivity index (χ0) is 82.3. The van der Waals surface area contributed by atoms with Gasteiger partial charge in [-0.25, -0.2) is 56.2 Å². The molecule has 618 valence electrons. The van der Waals surface area contributed by atoms with Crippen molar-refractivity contribution in [1.29, 1.82) is 0 Å². The lowest BCUT2D eigenvalue weighted by Gasteiger charge is -2.20. The molecular formula is C63H120O36P6. The van der Waals surface area contributed by atoms with Gasteiger partial charge in [0.15, 0.2) is 0 Å². The summed E-state index contributed by atoms with van der Waals surface area (Å²) in [4.78, 5) is 136. The maximum atomic E-state index is 11.9. The number of carbonyl (C=O) groups is 6. The van der Waals surface area contributed by atoms with Crippen molar-refractivity contribution in [2.45, 2.75) is 179 Å². The van der Waals surface area contributed by atoms with E-state index in [1.54, 1.807) is 0 Å². The second-order valence-corrected chi connectivity index (χ2v) is 30.5. The zero-order valence-corrected chi connectivity index (χ0v) is 68.4. The largest absolute Gasteiger partial charge is 0.472 e. The molecule has 42 heteroatoms. The number of rotatable bonds is 55. The summed E-state index contributed by atoms with van der Waals surface area (Å²) in [7, 11) is -25.0. The van der Waals surface area contributed by atoms with E-state index in [1.165, 1.54) is 41.5 Å². The van der Waals surface area contributed by atoms with Crippen LogP contribution < -0.4 is 0 Å². The Kier molecular flexibility index (Phi) is 71.2. The molecule has 105 heavy (non-hydrogen) atoms. The van der Waals surface area contributed by atoms with Crippen LogP contribution in [0.15, 0.2) is 72.9 Å². The molecule has 0 bridgehead atoms. The van der Waals surface area contributed by atoms with Gasteiger partial charge in [0.05, 0.1) is 85.9 Å². The Morgan fingerprint density at radius 2 is 0.457 bits per heavy atom. The molecule has 0 heterocycles. The van der Waals surface area contributed by atoms with E-state index >= 15 is 0 Å². The van der Waals surface area contributed by atoms with Crippen molar-refractivity contribution in [1.82, 2.24) is 0 Å². The third-order valence-electron chi connectivity index (χ3n) is 11.7. The van der Waals surface area contributed by atoms with Crippen LogP contribution in [0.25, 0.3) is 0 Å². The number of phosphoric ester groups is 6. The van der Waals surface area contributed by atoms with Crippen LogP contribution in [0.3, 0.4) is 0 Å². The SMILES string of the molecule is C=C(C)C(=O)OCCCOP(=O)(O)O.C=C(C)C(=O)OCCCOP(=O)(O)OCCCOC(=O)C(=C)C.C=C(C)C(=O)OCCOP(=O)(O)O.C=C(C)C(=O)OCCOP(=O)(O)OCCOC(=O)C(=C)C.CCCCC(CC)COP(=O)(O)OCC(CC)CCCC.CCCCOP(=O)(O)OCCCC. The third kappa shape index (κ3) is 83.8. The number of hydrogen-bond donors (Lipinski definition) is 8. The van der Waals surface area contributed by atoms with Crippen molar-refractivity contribution >= 4 is 82.8 Å². The lowest BCUT2D eigenvalue weighted by Crippen LogP contribution is -2.12. The predicted molar refractivity (Wildman–Crippen MR) is 388 cm³/mol. The smallest absolute Gasteiger partial charge is 0.462 e. The van der Waals surface area contributed by atoms with Crippen LogP contribution in [0.1, 0.15) is 179 Å². The molecule has 0 aromatic rings. The first kappa shape index (κ1) is 112. The van der Waals surface area contributed by atoms with Crippen molar-refractivity contribution in [2.24, 2.45) is 11.8 Å². The van der Waals surface area contributed by atoms with Gasteiger partial charge in [-0.15, -0.1) is 0 Å². The van der Waals surface area contributed by atoms with Gasteiger partial charge in [-0.3, -0.25) is 45.2 Å². The van der Waals surface area contributed by atoms with Crippen molar-refractivity contribution in [2.75, 3.05) is 106 Å². The Balaban J connectivity index is -0.000000284. The zero-order valence-electron chi connectivity index (χ0n) is 63.0. The Bertz CT molecular complexity index is 2700. The molecule has 36 nitrogen and oxygen atoms in total. The molecule has 0 fully saturated rings. The summed E-state index contributed by atoms with van der Waals surface area (Å²) in [5.41, 5.74) is 1.46. The Hall–Kier alpha value is -4.08. The van der Waals surface area contributed by atoms with Gasteiger partial charge in [-0.1, -0.05) is 132 Å². The molecule has 0 aliphatic carbocycles. The van der Waals surface area contributed by atoms with Gasteiger partial charge in [0, 0.05) is 52.7 Å². The average molecular weight is 1640 g/mol. The van der Waals surface area contributed by atoms with Gasteiger partial charge in [-0.05, 0) is 79.1 Å². The summed E-state index contributed by atoms with van der Waals surface area (Å²) >= 11 is 0. The van der Waals surface area contributed by atoms with Gasteiger partial charge in [0.25, 0.3) is 0 Å². The topological polar surface area (TPSA) is 514 Å². The number of ether oxygens (including phenoxy) is 6. The van der Waals surface area contributed by atoms with E-state index in [9.17, 15) is 70.8 Å². The number of unbranched alkanes of at least 4 members (excludes halogenated alkanes) is 4. The van der Waals surface area contributed by atoms with Crippen molar-refractivity contribution in [3.05, 3.63) is 72.9 Å². The van der Waals surface area contributed by atoms with E-state index < -0.39 is 82.8 Å². The lowest BCUT2D eigenvalue weighted by molar-refractivity contribution is -0.140. The highest BCUT2D eigenvalue weighted by Crippen LogP contribution is 2.46. The number of hydrogen-bond acceptors (Lipinski definition) is 28. The minimum Gasteiger partial charge on any atom is -0.462 e. The highest BCUT2D eigenvalue weighted by molar-refractivity contribution is 7.48. The third-order valence-corrected chi connectivity index (χ3v) is 16.7. The first-order chi connectivity index (χ1) is 48.6. The van der Waals surface area contributed by atoms with E-state index in [-0.39, 0.29) is 145 Å². The van der Waals surface area contributed by atoms with Crippen LogP contribution in [0.5, 0.6) is 0 Å². The maximum absolute atomic E-state index is 11.9. The molecule has 0 amide bonds. The van der Waals surface area contributed by atoms with Crippen LogP contribution in [0.4, 0.5) is 0 Å². The van der Waals surface area contributed by atoms with Crippen LogP contribution >= 0.6 is 46.9 Å². The summed E-state index contributed by atoms with van der Waals surface area (Å²) in [6.45, 7) is 41.0. The van der Waals surface area contributed by atoms with Gasteiger partial charge in [0.2, 0.25) is 0 Å². The van der Waals surface area contributed by atoms with E-state index in [2.05, 4.69) is 104 Å². The van der Waals surface area contributed by atoms with Crippen molar-refractivity contribution in [3.8, 4) is 0 Å². The van der Waals surface area contributed by atoms with E-state index in [0.29, 0.717) is 25.0 Å². The quantitative estimate of drug-likeness (QED) is 0.00921. The fraction of sp³-hybridized carbons (Fsp3) is 0.714. The fourth-order valence-corrected chi connectivity index (χ4v) is 9.64. The molecular weight excluding hydrogens is 1520 g/mol. The molecule has 0 rings (SSSR count). The molecule has 0 aromatic carbocycles. The van der Waals surface area contributed by atoms with Crippen molar-refractivity contribution < 1.29 is 169 Å². The predicted octanol–water partition coefficient (Wildman–Crippen LogP) is 12.6. The lowest BCUT2D eigenvalue weighted by atomic mass is 10.0. The molecule has 0 aromatic heterocycles. The van der Waals surface area contributed by atoms with Gasteiger partial charge in [-0.2, -0.15) is 0 Å². The minimum atomic E-state index is -4.46. The second kappa shape index (κ2) is 66.9. The molecule has 0 aliphatic heterocycles. The molecule has 0 aliphatic rings. The second-order valence-electron chi connectivity index (χ2n) is 22.2. The van der Waals surface area contributed by atoms with Crippen LogP contribution in [-0.2, 0) is 130 Å². The standard InChI is InChI=1S/C16H35O4P.C14H23O8P.C12H19O8P.C8H19O4P.C7H13O6P.C6H11O6P/c1-5-9-11-15(7-3)13-19-21(17,18)20-14-16(8-4)12-10-6-2;1-11(2)13(15)19-7-5-9-21-23(17,18)22-10-6-8-20-14(16)12(3)4;1-9(2)11(13)17-5-7-19-21(15,16)20-8-6-18-12(14)10(3)4;1-3-5-7-11-13(9,10)12-8-6-4-2;1-6(2)7(8)12-4-3-5-13-14(9,10)11;1-5(2)6(7)11-3-4-12-13(8,9)10/h15-16H,5-14H2,1-4H3,(H,17,18);1,3,5-10H2,2,4H3,(H,17,18);1,3,5-8H2,2,4H3,(H,15,16);3-8H2,1-2H3,(H,9,10);1,3-5H2,2H3,(H2,9,10,11);1,3-4H2,2H3,(H2,8,9,10). The monoisotopic (exact) mass is 1640 g/mol. The van der Waals surface area contributed by atoms with Crippen molar-refractivity contribution in [3.63, 3.8) is 0 Å². The van der Waals surface area contributed by atoms with Gasteiger partial charge in [0.1, 0.15) is 19.8 Å². The van der Waals surface area contributed by atoms with Gasteiger partial charge < -0.3 is 67.6 Å². The molecule has 0 saturated heterocycles. The highest BCUT2D eigenvalue weighted by atomic mass is 31.2. The summed E-state index contributed by atoms with van der Waals surface area (Å²) in [6, 6.07) is 0.